The zero-order valence-electron chi connectivity index (χ0n) is 11.8. The topological polar surface area (TPSA) is 79.5 Å². The molecule has 3 rings (SSSR count). The van der Waals surface area contributed by atoms with Crippen LogP contribution in [0.4, 0.5) is 0 Å². The minimum Gasteiger partial charge on any atom is -0.391 e. The highest BCUT2D eigenvalue weighted by Gasteiger charge is 2.29. The lowest BCUT2D eigenvalue weighted by Gasteiger charge is -2.33. The van der Waals surface area contributed by atoms with Crippen molar-refractivity contribution in [2.75, 3.05) is 13.1 Å². The average molecular weight is 287 g/mol. The summed E-state index contributed by atoms with van der Waals surface area (Å²) in [5.74, 6) is 0.523. The fourth-order valence-electron chi connectivity index (χ4n) is 2.42. The zero-order chi connectivity index (χ0) is 14.8. The number of aliphatic hydroxyl groups excluding tert-OH is 1. The molecule has 110 valence electrons. The third kappa shape index (κ3) is 2.80. The van der Waals surface area contributed by atoms with E-state index in [9.17, 15) is 9.90 Å². The summed E-state index contributed by atoms with van der Waals surface area (Å²) in [5, 5.41) is 13.7. The van der Waals surface area contributed by atoms with Gasteiger partial charge in [0.1, 0.15) is 0 Å². The number of amides is 1. The van der Waals surface area contributed by atoms with Crippen molar-refractivity contribution in [2.24, 2.45) is 5.92 Å². The van der Waals surface area contributed by atoms with E-state index in [2.05, 4.69) is 10.1 Å². The third-order valence-electron chi connectivity index (χ3n) is 3.88. The molecule has 3 heterocycles. The molecule has 6 heteroatoms. The highest BCUT2D eigenvalue weighted by Crippen LogP contribution is 2.22. The van der Waals surface area contributed by atoms with Crippen molar-refractivity contribution in [2.45, 2.75) is 19.4 Å². The molecule has 1 saturated heterocycles. The number of rotatable bonds is 2. The van der Waals surface area contributed by atoms with E-state index in [0.29, 0.717) is 18.8 Å². The lowest BCUT2D eigenvalue weighted by molar-refractivity contribution is 0.0243. The van der Waals surface area contributed by atoms with Crippen LogP contribution >= 0.6 is 0 Å². The van der Waals surface area contributed by atoms with Gasteiger partial charge < -0.3 is 14.5 Å². The van der Waals surface area contributed by atoms with Crippen LogP contribution in [0, 0.1) is 5.92 Å². The van der Waals surface area contributed by atoms with Crippen LogP contribution in [0.5, 0.6) is 0 Å². The maximum absolute atomic E-state index is 12.4. The normalized spacial score (nSPS) is 22.3. The van der Waals surface area contributed by atoms with Crippen molar-refractivity contribution >= 4 is 5.91 Å². The zero-order valence-corrected chi connectivity index (χ0v) is 11.8. The SMILES string of the molecule is CC1CCN(C(=O)c2cc(-c3cccnc3)on2)CC1O. The Bertz CT molecular complexity index is 626. The monoisotopic (exact) mass is 287 g/mol. The number of nitrogens with zero attached hydrogens (tertiary/aromatic N) is 3. The molecule has 2 unspecified atom stereocenters. The average Bonchev–Trinajstić information content (AvgIpc) is 3.00. The molecule has 1 N–H and O–H groups in total. The number of hydrogen-bond acceptors (Lipinski definition) is 5. The van der Waals surface area contributed by atoms with E-state index < -0.39 is 6.10 Å². The van der Waals surface area contributed by atoms with Gasteiger partial charge in [-0.3, -0.25) is 9.78 Å². The molecule has 0 aromatic carbocycles. The van der Waals surface area contributed by atoms with Gasteiger partial charge >= 0.3 is 0 Å². The summed E-state index contributed by atoms with van der Waals surface area (Å²) in [6, 6.07) is 5.25. The largest absolute Gasteiger partial charge is 0.391 e. The second-order valence-electron chi connectivity index (χ2n) is 5.40. The van der Waals surface area contributed by atoms with Crippen LogP contribution in [0.25, 0.3) is 11.3 Å². The molecule has 2 atom stereocenters. The molecule has 1 aliphatic heterocycles. The molecule has 0 spiro atoms. The predicted octanol–water partition coefficient (Wildman–Crippen LogP) is 1.58. The molecule has 1 amide bonds. The van der Waals surface area contributed by atoms with Gasteiger partial charge in [0.15, 0.2) is 11.5 Å². The van der Waals surface area contributed by atoms with Crippen molar-refractivity contribution < 1.29 is 14.4 Å². The van der Waals surface area contributed by atoms with E-state index in [1.54, 1.807) is 29.4 Å². The van der Waals surface area contributed by atoms with Crippen LogP contribution in [-0.4, -0.2) is 45.2 Å². The van der Waals surface area contributed by atoms with E-state index in [1.807, 2.05) is 13.0 Å². The van der Waals surface area contributed by atoms with Gasteiger partial charge in [0.2, 0.25) is 0 Å². The number of carbonyl (C=O) groups is 1. The van der Waals surface area contributed by atoms with Crippen LogP contribution in [0.3, 0.4) is 0 Å². The van der Waals surface area contributed by atoms with Gasteiger partial charge in [-0.1, -0.05) is 12.1 Å². The van der Waals surface area contributed by atoms with Gasteiger partial charge in [0, 0.05) is 37.1 Å². The number of likely N-dealkylation sites (tertiary alicyclic amines) is 1. The Kier molecular flexibility index (Phi) is 3.70. The molecule has 0 bridgehead atoms. The molecule has 0 aliphatic carbocycles. The predicted molar refractivity (Wildman–Crippen MR) is 75.4 cm³/mol. The summed E-state index contributed by atoms with van der Waals surface area (Å²) in [6.45, 7) is 2.96. The Labute approximate surface area is 122 Å². The third-order valence-corrected chi connectivity index (χ3v) is 3.88. The van der Waals surface area contributed by atoms with Crippen LogP contribution < -0.4 is 0 Å². The molecule has 1 fully saturated rings. The number of carbonyl (C=O) groups excluding carboxylic acids is 1. The Morgan fingerprint density at radius 2 is 2.38 bits per heavy atom. The molecule has 0 radical (unpaired) electrons. The highest BCUT2D eigenvalue weighted by atomic mass is 16.5. The van der Waals surface area contributed by atoms with E-state index in [4.69, 9.17) is 4.52 Å². The van der Waals surface area contributed by atoms with E-state index in [1.165, 1.54) is 0 Å². The molecule has 21 heavy (non-hydrogen) atoms. The molecular weight excluding hydrogens is 270 g/mol. The number of aromatic nitrogens is 2. The number of pyridine rings is 1. The Morgan fingerprint density at radius 3 is 3.10 bits per heavy atom. The van der Waals surface area contributed by atoms with Gasteiger partial charge in [-0.15, -0.1) is 0 Å². The Hall–Kier alpha value is -2.21. The first-order chi connectivity index (χ1) is 10.1. The van der Waals surface area contributed by atoms with Crippen molar-refractivity contribution in [3.8, 4) is 11.3 Å². The van der Waals surface area contributed by atoms with E-state index in [-0.39, 0.29) is 17.5 Å². The van der Waals surface area contributed by atoms with Crippen molar-refractivity contribution in [3.63, 3.8) is 0 Å². The lowest BCUT2D eigenvalue weighted by atomic mass is 9.96. The molecule has 2 aromatic heterocycles. The summed E-state index contributed by atoms with van der Waals surface area (Å²) in [7, 11) is 0. The molecule has 1 aliphatic rings. The minimum absolute atomic E-state index is 0.208. The lowest BCUT2D eigenvalue weighted by Crippen LogP contribution is -2.45. The summed E-state index contributed by atoms with van der Waals surface area (Å²) >= 11 is 0. The number of β-amino-alcohol motifs (C(OH)–C–C–N with tert-alkyl or cyclic N) is 1. The van der Waals surface area contributed by atoms with E-state index >= 15 is 0 Å². The van der Waals surface area contributed by atoms with Gasteiger partial charge in [-0.2, -0.15) is 0 Å². The molecule has 6 nitrogen and oxygen atoms in total. The second kappa shape index (κ2) is 5.65. The Balaban J connectivity index is 1.76. The van der Waals surface area contributed by atoms with Gasteiger partial charge in [0.05, 0.1) is 6.10 Å². The van der Waals surface area contributed by atoms with Crippen LogP contribution in [0.1, 0.15) is 23.8 Å². The first-order valence-corrected chi connectivity index (χ1v) is 6.99. The maximum atomic E-state index is 12.4. The Morgan fingerprint density at radius 1 is 1.52 bits per heavy atom. The van der Waals surface area contributed by atoms with Crippen LogP contribution in [0.2, 0.25) is 0 Å². The van der Waals surface area contributed by atoms with Gasteiger partial charge in [0.25, 0.3) is 5.91 Å². The van der Waals surface area contributed by atoms with Crippen molar-refractivity contribution in [1.29, 1.82) is 0 Å². The van der Waals surface area contributed by atoms with Gasteiger partial charge in [-0.25, -0.2) is 0 Å². The summed E-state index contributed by atoms with van der Waals surface area (Å²) in [5.41, 5.74) is 1.03. The van der Waals surface area contributed by atoms with Crippen molar-refractivity contribution in [1.82, 2.24) is 15.0 Å². The summed E-state index contributed by atoms with van der Waals surface area (Å²) in [4.78, 5) is 18.0. The number of piperidine rings is 1. The summed E-state index contributed by atoms with van der Waals surface area (Å²) < 4.78 is 5.21. The smallest absolute Gasteiger partial charge is 0.276 e. The van der Waals surface area contributed by atoms with Crippen LogP contribution in [0.15, 0.2) is 35.1 Å². The molecule has 2 aromatic rings. The minimum atomic E-state index is -0.479. The standard InChI is InChI=1S/C15H17N3O3/c1-10-4-6-18(9-13(10)19)15(20)12-7-14(21-17-12)11-3-2-5-16-8-11/h2-3,5,7-8,10,13,19H,4,6,9H2,1H3. The quantitative estimate of drug-likeness (QED) is 0.907. The number of aliphatic hydroxyl groups is 1. The molecule has 0 saturated carbocycles. The number of hydrogen-bond donors (Lipinski definition) is 1. The van der Waals surface area contributed by atoms with E-state index in [0.717, 1.165) is 12.0 Å². The first kappa shape index (κ1) is 13.8. The second-order valence-corrected chi connectivity index (χ2v) is 5.40. The summed E-state index contributed by atoms with van der Waals surface area (Å²) in [6.07, 6.45) is 3.64. The fraction of sp³-hybridized carbons (Fsp3) is 0.400. The maximum Gasteiger partial charge on any atom is 0.276 e. The highest BCUT2D eigenvalue weighted by molar-refractivity contribution is 5.93. The van der Waals surface area contributed by atoms with Crippen molar-refractivity contribution in [3.05, 3.63) is 36.3 Å². The molecular formula is C15H17N3O3. The van der Waals surface area contributed by atoms with Crippen LogP contribution in [-0.2, 0) is 0 Å². The fourth-order valence-corrected chi connectivity index (χ4v) is 2.42. The van der Waals surface area contributed by atoms with Gasteiger partial charge in [-0.05, 0) is 24.5 Å². The first-order valence-electron chi connectivity index (χ1n) is 6.99.